The fourth-order valence-electron chi connectivity index (χ4n) is 7.90. The molecule has 12 heteroatoms. The molecular weight excluding hydrogens is 634 g/mol. The van der Waals surface area contributed by atoms with Crippen LogP contribution in [0.2, 0.25) is 10.0 Å². The van der Waals surface area contributed by atoms with Crippen molar-refractivity contribution < 1.29 is 28.6 Å². The number of nitrogens with zero attached hydrogens (tertiary/aromatic N) is 4. The molecule has 5 fully saturated rings. The molecule has 4 atom stereocenters. The third-order valence-corrected chi connectivity index (χ3v) is 11.0. The summed E-state index contributed by atoms with van der Waals surface area (Å²) in [5, 5.41) is 10.5. The standard InChI is InChI=1S/C34H33Cl2FN4O5/c1-38-22-7-23(38)14-39(13-22)21-8-27(35)31(28(36)9-21)33(42)40-12-18-3-2-4-24(32(18)46-17-40)25-11-30(26(34(43)44)10-29(25)37)41-19-5-6-20(41)16-45-15-19/h2-4,8-11,19-20,22-23H,5-7,12-17H2,1H3,(H,43,44). The number of hydrogen-bond donors (Lipinski definition) is 1. The van der Waals surface area contributed by atoms with E-state index >= 15 is 4.39 Å². The Bertz CT molecular complexity index is 1720. The van der Waals surface area contributed by atoms with Crippen molar-refractivity contribution in [2.75, 3.05) is 49.9 Å². The van der Waals surface area contributed by atoms with Crippen LogP contribution in [0.25, 0.3) is 11.1 Å². The Kier molecular flexibility index (Phi) is 7.32. The highest BCUT2D eigenvalue weighted by Gasteiger charge is 2.43. The van der Waals surface area contributed by atoms with Gasteiger partial charge in [-0.2, -0.15) is 0 Å². The van der Waals surface area contributed by atoms with Crippen LogP contribution in [0.4, 0.5) is 15.8 Å². The third kappa shape index (κ3) is 4.80. The van der Waals surface area contributed by atoms with Crippen LogP contribution in [0.5, 0.6) is 5.75 Å². The number of carboxylic acid groups (broad SMARTS) is 1. The van der Waals surface area contributed by atoms with Crippen molar-refractivity contribution in [3.05, 3.63) is 75.0 Å². The van der Waals surface area contributed by atoms with Crippen molar-refractivity contribution >= 4 is 46.5 Å². The maximum absolute atomic E-state index is 15.7. The van der Waals surface area contributed by atoms with Crippen molar-refractivity contribution in [2.24, 2.45) is 0 Å². The van der Waals surface area contributed by atoms with E-state index in [1.165, 1.54) is 11.3 Å². The Morgan fingerprint density at radius 2 is 1.65 bits per heavy atom. The average Bonchev–Trinajstić information content (AvgIpc) is 3.30. The minimum atomic E-state index is -1.18. The number of piperidine rings is 1. The van der Waals surface area contributed by atoms with Gasteiger partial charge in [-0.05, 0) is 50.6 Å². The number of para-hydroxylation sites is 1. The summed E-state index contributed by atoms with van der Waals surface area (Å²) in [6.07, 6.45) is 2.97. The summed E-state index contributed by atoms with van der Waals surface area (Å²) in [6.45, 7) is 2.90. The predicted octanol–water partition coefficient (Wildman–Crippen LogP) is 5.75. The lowest BCUT2D eigenvalue weighted by atomic mass is 9.88. The molecule has 4 bridgehead atoms. The van der Waals surface area contributed by atoms with E-state index in [1.54, 1.807) is 18.2 Å². The molecule has 4 unspecified atom stereocenters. The predicted molar refractivity (Wildman–Crippen MR) is 173 cm³/mol. The van der Waals surface area contributed by atoms with Gasteiger partial charge in [-0.1, -0.05) is 41.4 Å². The second-order valence-corrected chi connectivity index (χ2v) is 13.8. The minimum Gasteiger partial charge on any atom is -0.478 e. The van der Waals surface area contributed by atoms with E-state index < -0.39 is 11.8 Å². The van der Waals surface area contributed by atoms with Gasteiger partial charge in [0.2, 0.25) is 0 Å². The molecule has 0 aliphatic carbocycles. The number of morpholine rings is 1. The zero-order valence-electron chi connectivity index (χ0n) is 25.2. The van der Waals surface area contributed by atoms with Crippen LogP contribution in [-0.2, 0) is 11.3 Å². The van der Waals surface area contributed by atoms with Gasteiger partial charge in [-0.25, -0.2) is 9.18 Å². The van der Waals surface area contributed by atoms with Gasteiger partial charge in [0.15, 0.2) is 6.73 Å². The fourth-order valence-corrected chi connectivity index (χ4v) is 8.54. The Hall–Kier alpha value is -3.57. The van der Waals surface area contributed by atoms with E-state index in [0.29, 0.717) is 47.9 Å². The number of anilines is 2. The molecule has 46 heavy (non-hydrogen) atoms. The molecule has 5 saturated heterocycles. The van der Waals surface area contributed by atoms with Crippen molar-refractivity contribution in [1.29, 1.82) is 0 Å². The Balaban J connectivity index is 1.07. The first-order valence-corrected chi connectivity index (χ1v) is 16.4. The molecule has 3 aromatic carbocycles. The zero-order chi connectivity index (χ0) is 31.9. The van der Waals surface area contributed by atoms with Crippen molar-refractivity contribution in [2.45, 2.75) is 50.0 Å². The number of piperazine rings is 1. The molecule has 0 saturated carbocycles. The van der Waals surface area contributed by atoms with Crippen LogP contribution >= 0.6 is 23.2 Å². The molecule has 6 heterocycles. The molecule has 0 spiro atoms. The minimum absolute atomic E-state index is 0.0375. The van der Waals surface area contributed by atoms with Gasteiger partial charge >= 0.3 is 5.97 Å². The maximum Gasteiger partial charge on any atom is 0.337 e. The lowest BCUT2D eigenvalue weighted by Crippen LogP contribution is -2.67. The summed E-state index contributed by atoms with van der Waals surface area (Å²) in [7, 11) is 2.15. The second-order valence-electron chi connectivity index (χ2n) is 13.0. The second kappa shape index (κ2) is 11.3. The largest absolute Gasteiger partial charge is 0.478 e. The number of hydrogen-bond acceptors (Lipinski definition) is 7. The van der Waals surface area contributed by atoms with E-state index in [4.69, 9.17) is 32.7 Å². The van der Waals surface area contributed by atoms with Gasteiger partial charge in [-0.15, -0.1) is 0 Å². The van der Waals surface area contributed by atoms with E-state index in [0.717, 1.165) is 37.7 Å². The Morgan fingerprint density at radius 3 is 2.30 bits per heavy atom. The highest BCUT2D eigenvalue weighted by atomic mass is 35.5. The molecule has 1 N–H and O–H groups in total. The zero-order valence-corrected chi connectivity index (χ0v) is 26.7. The van der Waals surface area contributed by atoms with Crippen molar-refractivity contribution in [1.82, 2.24) is 9.80 Å². The molecular formula is C34H33Cl2FN4O5. The number of likely N-dealkylation sites (N-methyl/N-ethyl adjacent to an activating group) is 1. The number of fused-ring (bicyclic) bond motifs is 5. The van der Waals surface area contributed by atoms with Gasteiger partial charge in [0.05, 0.1) is 58.7 Å². The Morgan fingerprint density at radius 1 is 0.957 bits per heavy atom. The van der Waals surface area contributed by atoms with Gasteiger partial charge in [0, 0.05) is 47.6 Å². The van der Waals surface area contributed by atoms with E-state index in [1.807, 2.05) is 18.2 Å². The van der Waals surface area contributed by atoms with Crippen LogP contribution in [0, 0.1) is 5.82 Å². The molecule has 3 aromatic rings. The molecule has 9 rings (SSSR count). The quantitative estimate of drug-likeness (QED) is 0.369. The van der Waals surface area contributed by atoms with Crippen LogP contribution in [-0.4, -0.2) is 91.0 Å². The number of aromatic carboxylic acids is 1. The summed E-state index contributed by atoms with van der Waals surface area (Å²) < 4.78 is 27.5. The summed E-state index contributed by atoms with van der Waals surface area (Å²) >= 11 is 13.4. The number of ether oxygens (including phenoxy) is 2. The first kappa shape index (κ1) is 29.8. The molecule has 0 aromatic heterocycles. The summed E-state index contributed by atoms with van der Waals surface area (Å²) in [5.74, 6) is -1.75. The Labute approximate surface area is 276 Å². The number of carbonyl (C=O) groups is 2. The number of halogens is 3. The molecule has 0 radical (unpaired) electrons. The third-order valence-electron chi connectivity index (χ3n) is 10.4. The molecule has 9 nitrogen and oxygen atoms in total. The topological polar surface area (TPSA) is 85.8 Å². The summed E-state index contributed by atoms with van der Waals surface area (Å²) in [6, 6.07) is 12.8. The molecule has 240 valence electrons. The van der Waals surface area contributed by atoms with E-state index in [-0.39, 0.29) is 58.0 Å². The van der Waals surface area contributed by atoms with E-state index in [9.17, 15) is 14.7 Å². The smallest absolute Gasteiger partial charge is 0.337 e. The molecule has 6 aliphatic rings. The number of rotatable bonds is 5. The maximum atomic E-state index is 15.7. The van der Waals surface area contributed by atoms with Crippen LogP contribution < -0.4 is 14.5 Å². The fraction of sp³-hybridized carbons (Fsp3) is 0.412. The lowest BCUT2D eigenvalue weighted by molar-refractivity contribution is 0.0264. The van der Waals surface area contributed by atoms with E-state index in [2.05, 4.69) is 21.7 Å². The van der Waals surface area contributed by atoms with Crippen LogP contribution in [0.3, 0.4) is 0 Å². The summed E-state index contributed by atoms with van der Waals surface area (Å²) in [5.41, 5.74) is 2.94. The average molecular weight is 668 g/mol. The van der Waals surface area contributed by atoms with Crippen molar-refractivity contribution in [3.8, 4) is 16.9 Å². The van der Waals surface area contributed by atoms with Crippen LogP contribution in [0.15, 0.2) is 42.5 Å². The van der Waals surface area contributed by atoms with Crippen LogP contribution in [0.1, 0.15) is 45.5 Å². The first-order chi connectivity index (χ1) is 22.2. The highest BCUT2D eigenvalue weighted by Crippen LogP contribution is 2.44. The number of amides is 1. The normalized spacial score (nSPS) is 25.2. The SMILES string of the molecule is CN1C2CC1CN(c1cc(Cl)c(C(=O)N3COc4c(cccc4-c4cc(N5C6CCC5COC6)c(C(=O)O)cc4F)C3)c(Cl)c1)C2. The van der Waals surface area contributed by atoms with Gasteiger partial charge in [0.1, 0.15) is 11.6 Å². The van der Waals surface area contributed by atoms with Gasteiger partial charge < -0.3 is 29.3 Å². The monoisotopic (exact) mass is 666 g/mol. The van der Waals surface area contributed by atoms with Gasteiger partial charge in [0.25, 0.3) is 5.91 Å². The number of carboxylic acids is 1. The number of benzene rings is 3. The highest BCUT2D eigenvalue weighted by molar-refractivity contribution is 6.40. The first-order valence-electron chi connectivity index (χ1n) is 15.6. The van der Waals surface area contributed by atoms with Crippen molar-refractivity contribution in [3.63, 3.8) is 0 Å². The number of carbonyl (C=O) groups excluding carboxylic acids is 1. The molecule has 6 aliphatic heterocycles. The molecule has 1 amide bonds. The van der Waals surface area contributed by atoms with Gasteiger partial charge in [-0.3, -0.25) is 9.69 Å². The summed E-state index contributed by atoms with van der Waals surface area (Å²) in [4.78, 5) is 34.2. The lowest BCUT2D eigenvalue weighted by Gasteiger charge is -2.55.